The van der Waals surface area contributed by atoms with E-state index < -0.39 is 0 Å². The van der Waals surface area contributed by atoms with Gasteiger partial charge < -0.3 is 10.1 Å². The largest absolute Gasteiger partial charge is 0.463 e. The van der Waals surface area contributed by atoms with E-state index in [4.69, 9.17) is 0 Å². The van der Waals surface area contributed by atoms with Crippen molar-refractivity contribution in [3.8, 4) is 0 Å². The quantitative estimate of drug-likeness (QED) is 0.523. The summed E-state index contributed by atoms with van der Waals surface area (Å²) >= 11 is 0. The van der Waals surface area contributed by atoms with Gasteiger partial charge in [-0.2, -0.15) is 0 Å². The third-order valence-corrected chi connectivity index (χ3v) is 1.66. The highest BCUT2D eigenvalue weighted by atomic mass is 16.5. The Morgan fingerprint density at radius 1 is 1.46 bits per heavy atom. The van der Waals surface area contributed by atoms with Crippen LogP contribution in [0, 0.1) is 0 Å². The van der Waals surface area contributed by atoms with Gasteiger partial charge in [-0.3, -0.25) is 0 Å². The maximum Gasteiger partial charge on any atom is 0.330 e. The van der Waals surface area contributed by atoms with Crippen molar-refractivity contribution in [2.45, 2.75) is 26.2 Å². The fraction of sp³-hybridized carbons (Fsp3) is 0.700. The van der Waals surface area contributed by atoms with Crippen LogP contribution in [-0.4, -0.2) is 25.7 Å². The molecule has 0 atom stereocenters. The molecule has 3 heteroatoms. The minimum atomic E-state index is -0.359. The zero-order chi connectivity index (χ0) is 9.94. The Bertz CT molecular complexity index is 130. The second-order valence-electron chi connectivity index (χ2n) is 2.77. The standard InChI is InChI=1S/C5H11N.C5H8O2/c1-2-4-6-5-3-1;1-3-5(6)7-4-2/h6H,1-5H2;3H,1,4H2,2H3. The molecule has 0 aromatic rings. The van der Waals surface area contributed by atoms with Crippen molar-refractivity contribution in [3.05, 3.63) is 12.7 Å². The molecular weight excluding hydrogens is 166 g/mol. The molecule has 1 rings (SSSR count). The fourth-order valence-electron chi connectivity index (χ4n) is 1.00. The van der Waals surface area contributed by atoms with Crippen molar-refractivity contribution in [1.29, 1.82) is 0 Å². The fourth-order valence-corrected chi connectivity index (χ4v) is 1.00. The predicted octanol–water partition coefficient (Wildman–Crippen LogP) is 1.50. The van der Waals surface area contributed by atoms with Crippen LogP contribution < -0.4 is 5.32 Å². The molecule has 0 aromatic carbocycles. The first kappa shape index (κ1) is 12.2. The van der Waals surface area contributed by atoms with Gasteiger partial charge in [0.1, 0.15) is 0 Å². The first-order valence-corrected chi connectivity index (χ1v) is 4.81. The Labute approximate surface area is 80.2 Å². The number of rotatable bonds is 2. The molecule has 13 heavy (non-hydrogen) atoms. The van der Waals surface area contributed by atoms with Crippen LogP contribution in [0.2, 0.25) is 0 Å². The van der Waals surface area contributed by atoms with Gasteiger partial charge in [0.15, 0.2) is 0 Å². The van der Waals surface area contributed by atoms with Gasteiger partial charge in [-0.15, -0.1) is 0 Å². The molecule has 1 saturated heterocycles. The molecular formula is C10H19NO2. The number of esters is 1. The average Bonchev–Trinajstić information content (AvgIpc) is 2.22. The van der Waals surface area contributed by atoms with Gasteiger partial charge in [-0.1, -0.05) is 13.0 Å². The summed E-state index contributed by atoms with van der Waals surface area (Å²) in [6, 6.07) is 0. The molecule has 1 heterocycles. The number of hydrogen-bond donors (Lipinski definition) is 1. The minimum absolute atomic E-state index is 0.359. The van der Waals surface area contributed by atoms with E-state index >= 15 is 0 Å². The number of piperidine rings is 1. The van der Waals surface area contributed by atoms with Crippen molar-refractivity contribution in [3.63, 3.8) is 0 Å². The second-order valence-corrected chi connectivity index (χ2v) is 2.77. The molecule has 1 aliphatic heterocycles. The van der Waals surface area contributed by atoms with Gasteiger partial charge in [0.2, 0.25) is 0 Å². The highest BCUT2D eigenvalue weighted by Gasteiger charge is 1.93. The normalized spacial score (nSPS) is 15.2. The zero-order valence-corrected chi connectivity index (χ0v) is 8.34. The monoisotopic (exact) mass is 185 g/mol. The maximum atomic E-state index is 10.1. The zero-order valence-electron chi connectivity index (χ0n) is 8.34. The van der Waals surface area contributed by atoms with E-state index in [0.717, 1.165) is 6.08 Å². The van der Waals surface area contributed by atoms with Crippen LogP contribution in [0.15, 0.2) is 12.7 Å². The van der Waals surface area contributed by atoms with E-state index in [0.29, 0.717) is 6.61 Å². The topological polar surface area (TPSA) is 38.3 Å². The van der Waals surface area contributed by atoms with Crippen LogP contribution >= 0.6 is 0 Å². The molecule has 0 saturated carbocycles. The van der Waals surface area contributed by atoms with Crippen molar-refractivity contribution in [2.75, 3.05) is 19.7 Å². The molecule has 0 radical (unpaired) electrons. The summed E-state index contributed by atoms with van der Waals surface area (Å²) in [7, 11) is 0. The Kier molecular flexibility index (Phi) is 8.67. The Morgan fingerprint density at radius 2 is 2.08 bits per heavy atom. The third-order valence-electron chi connectivity index (χ3n) is 1.66. The van der Waals surface area contributed by atoms with Crippen molar-refractivity contribution >= 4 is 5.97 Å². The first-order chi connectivity index (χ1) is 6.31. The number of nitrogens with one attached hydrogen (secondary N) is 1. The van der Waals surface area contributed by atoms with E-state index in [1.807, 2.05) is 0 Å². The van der Waals surface area contributed by atoms with Gasteiger partial charge in [0, 0.05) is 6.08 Å². The summed E-state index contributed by atoms with van der Waals surface area (Å²) in [6.45, 7) is 7.88. The summed E-state index contributed by atoms with van der Waals surface area (Å²) in [6.07, 6.45) is 5.36. The average molecular weight is 185 g/mol. The van der Waals surface area contributed by atoms with Crippen LogP contribution in [0.25, 0.3) is 0 Å². The Morgan fingerprint density at radius 3 is 2.23 bits per heavy atom. The van der Waals surface area contributed by atoms with Gasteiger partial charge in [-0.25, -0.2) is 4.79 Å². The van der Waals surface area contributed by atoms with Crippen molar-refractivity contribution < 1.29 is 9.53 Å². The molecule has 1 aliphatic rings. The molecule has 76 valence electrons. The lowest BCUT2D eigenvalue weighted by Gasteiger charge is -2.08. The van der Waals surface area contributed by atoms with Gasteiger partial charge >= 0.3 is 5.97 Å². The molecule has 1 fully saturated rings. The van der Waals surface area contributed by atoms with Gasteiger partial charge in [-0.05, 0) is 32.9 Å². The summed E-state index contributed by atoms with van der Waals surface area (Å²) < 4.78 is 4.43. The maximum absolute atomic E-state index is 10.1. The highest BCUT2D eigenvalue weighted by molar-refractivity contribution is 5.81. The van der Waals surface area contributed by atoms with Crippen molar-refractivity contribution in [2.24, 2.45) is 0 Å². The molecule has 0 bridgehead atoms. The smallest absolute Gasteiger partial charge is 0.330 e. The molecule has 0 spiro atoms. The molecule has 1 N–H and O–H groups in total. The van der Waals surface area contributed by atoms with E-state index in [9.17, 15) is 4.79 Å². The summed E-state index contributed by atoms with van der Waals surface area (Å²) in [4.78, 5) is 10.1. The number of ether oxygens (including phenoxy) is 1. The van der Waals surface area contributed by atoms with Crippen LogP contribution in [0.4, 0.5) is 0 Å². The Balaban J connectivity index is 0.000000223. The highest BCUT2D eigenvalue weighted by Crippen LogP contribution is 1.96. The molecule has 0 unspecified atom stereocenters. The summed E-state index contributed by atoms with van der Waals surface area (Å²) in [5, 5.41) is 3.28. The molecule has 0 aromatic heterocycles. The van der Waals surface area contributed by atoms with Gasteiger partial charge in [0.25, 0.3) is 0 Å². The predicted molar refractivity (Wildman–Crippen MR) is 53.6 cm³/mol. The summed E-state index contributed by atoms with van der Waals surface area (Å²) in [5.41, 5.74) is 0. The van der Waals surface area contributed by atoms with Gasteiger partial charge in [0.05, 0.1) is 6.61 Å². The first-order valence-electron chi connectivity index (χ1n) is 4.81. The lowest BCUT2D eigenvalue weighted by atomic mass is 10.2. The SMILES string of the molecule is C1CCNCC1.C=CC(=O)OCC. The number of hydrogen-bond acceptors (Lipinski definition) is 3. The summed E-state index contributed by atoms with van der Waals surface area (Å²) in [5.74, 6) is -0.359. The lowest BCUT2D eigenvalue weighted by Crippen LogP contribution is -2.21. The van der Waals surface area contributed by atoms with E-state index in [1.54, 1.807) is 6.92 Å². The number of carbonyl (C=O) groups is 1. The van der Waals surface area contributed by atoms with Crippen LogP contribution in [-0.2, 0) is 9.53 Å². The van der Waals surface area contributed by atoms with Crippen LogP contribution in [0.1, 0.15) is 26.2 Å². The molecule has 3 nitrogen and oxygen atoms in total. The number of carbonyl (C=O) groups excluding carboxylic acids is 1. The van der Waals surface area contributed by atoms with E-state index in [-0.39, 0.29) is 5.97 Å². The van der Waals surface area contributed by atoms with Crippen LogP contribution in [0.5, 0.6) is 0 Å². The van der Waals surface area contributed by atoms with Crippen LogP contribution in [0.3, 0.4) is 0 Å². The molecule has 0 aliphatic carbocycles. The Hall–Kier alpha value is -0.830. The van der Waals surface area contributed by atoms with Crippen molar-refractivity contribution in [1.82, 2.24) is 5.32 Å². The second kappa shape index (κ2) is 9.26. The third kappa shape index (κ3) is 9.08. The van der Waals surface area contributed by atoms with E-state index in [1.165, 1.54) is 32.4 Å². The molecule has 0 amide bonds. The minimum Gasteiger partial charge on any atom is -0.463 e. The lowest BCUT2D eigenvalue weighted by molar-refractivity contribution is -0.137. The van der Waals surface area contributed by atoms with E-state index in [2.05, 4.69) is 16.6 Å².